The van der Waals surface area contributed by atoms with Crippen LogP contribution in [-0.2, 0) is 17.6 Å². The monoisotopic (exact) mass is 297 g/mol. The first-order valence-corrected chi connectivity index (χ1v) is 7.72. The summed E-state index contributed by atoms with van der Waals surface area (Å²) >= 11 is 0. The molecule has 0 saturated carbocycles. The number of nitrogens with one attached hydrogen (secondary N) is 1. The van der Waals surface area contributed by atoms with Gasteiger partial charge in [-0.15, -0.1) is 0 Å². The van der Waals surface area contributed by atoms with Crippen molar-refractivity contribution in [3.05, 3.63) is 65.7 Å². The SMILES string of the molecule is CCc1ccc(CC(=O)N[C@@H](C)COc2ccccc2)cc1. The standard InChI is InChI=1S/C19H23NO2/c1-3-16-9-11-17(12-10-16)13-19(21)20-15(2)14-22-18-7-5-4-6-8-18/h4-12,15H,3,13-14H2,1-2H3,(H,20,21)/t15-/m0/s1. The molecule has 1 amide bonds. The van der Waals surface area contributed by atoms with E-state index in [0.717, 1.165) is 17.7 Å². The molecule has 2 rings (SSSR count). The number of carbonyl (C=O) groups excluding carboxylic acids is 1. The molecule has 0 bridgehead atoms. The summed E-state index contributed by atoms with van der Waals surface area (Å²) in [6.07, 6.45) is 1.42. The molecule has 0 unspecified atom stereocenters. The van der Waals surface area contributed by atoms with Crippen LogP contribution in [0.4, 0.5) is 0 Å². The van der Waals surface area contributed by atoms with Crippen LogP contribution in [0.1, 0.15) is 25.0 Å². The van der Waals surface area contributed by atoms with Crippen molar-refractivity contribution in [3.8, 4) is 5.75 Å². The third-order valence-electron chi connectivity index (χ3n) is 3.45. The minimum atomic E-state index is -0.0254. The summed E-state index contributed by atoms with van der Waals surface area (Å²) in [7, 11) is 0. The second-order valence-corrected chi connectivity index (χ2v) is 5.44. The number of aryl methyl sites for hydroxylation is 1. The van der Waals surface area contributed by atoms with E-state index in [1.807, 2.05) is 49.4 Å². The van der Waals surface area contributed by atoms with E-state index in [1.165, 1.54) is 5.56 Å². The molecule has 2 aromatic carbocycles. The van der Waals surface area contributed by atoms with Gasteiger partial charge in [0.1, 0.15) is 12.4 Å². The number of benzene rings is 2. The Morgan fingerprint density at radius 1 is 1.05 bits per heavy atom. The van der Waals surface area contributed by atoms with Gasteiger partial charge >= 0.3 is 0 Å². The minimum Gasteiger partial charge on any atom is -0.491 e. The van der Waals surface area contributed by atoms with Crippen molar-refractivity contribution in [2.75, 3.05) is 6.61 Å². The lowest BCUT2D eigenvalue weighted by Crippen LogP contribution is -2.37. The predicted molar refractivity (Wildman–Crippen MR) is 89.1 cm³/mol. The van der Waals surface area contributed by atoms with Gasteiger partial charge in [0.2, 0.25) is 5.91 Å². The Kier molecular flexibility index (Phi) is 6.01. The van der Waals surface area contributed by atoms with Gasteiger partial charge in [-0.1, -0.05) is 49.4 Å². The molecule has 3 heteroatoms. The van der Waals surface area contributed by atoms with E-state index < -0.39 is 0 Å². The van der Waals surface area contributed by atoms with Gasteiger partial charge in [0.15, 0.2) is 0 Å². The van der Waals surface area contributed by atoms with E-state index in [1.54, 1.807) is 0 Å². The molecule has 2 aromatic rings. The number of carbonyl (C=O) groups is 1. The zero-order valence-electron chi connectivity index (χ0n) is 13.2. The van der Waals surface area contributed by atoms with Crippen LogP contribution in [0.2, 0.25) is 0 Å². The lowest BCUT2D eigenvalue weighted by atomic mass is 10.1. The van der Waals surface area contributed by atoms with Crippen LogP contribution in [0, 0.1) is 0 Å². The first-order valence-electron chi connectivity index (χ1n) is 7.72. The molecule has 0 aromatic heterocycles. The van der Waals surface area contributed by atoms with Gasteiger partial charge in [-0.3, -0.25) is 4.79 Å². The molecule has 116 valence electrons. The molecule has 0 spiro atoms. The predicted octanol–water partition coefficient (Wildman–Crippen LogP) is 3.38. The number of amides is 1. The van der Waals surface area contributed by atoms with Crippen LogP contribution in [0.5, 0.6) is 5.75 Å². The average Bonchev–Trinajstić information content (AvgIpc) is 2.54. The number of para-hydroxylation sites is 1. The van der Waals surface area contributed by atoms with Crippen molar-refractivity contribution in [1.29, 1.82) is 0 Å². The third-order valence-corrected chi connectivity index (χ3v) is 3.45. The average molecular weight is 297 g/mol. The Labute approximate surface area is 132 Å². The van der Waals surface area contributed by atoms with E-state index in [-0.39, 0.29) is 11.9 Å². The fourth-order valence-corrected chi connectivity index (χ4v) is 2.18. The van der Waals surface area contributed by atoms with E-state index >= 15 is 0 Å². The molecule has 1 atom stereocenters. The molecular weight excluding hydrogens is 274 g/mol. The Morgan fingerprint density at radius 2 is 1.68 bits per heavy atom. The summed E-state index contributed by atoms with van der Waals surface area (Å²) in [4.78, 5) is 12.0. The lowest BCUT2D eigenvalue weighted by molar-refractivity contribution is -0.121. The van der Waals surface area contributed by atoms with E-state index in [2.05, 4.69) is 24.4 Å². The molecular formula is C19H23NO2. The first kappa shape index (κ1) is 16.1. The molecule has 0 aliphatic carbocycles. The molecule has 0 heterocycles. The summed E-state index contributed by atoms with van der Waals surface area (Å²) in [6.45, 7) is 4.53. The highest BCUT2D eigenvalue weighted by Gasteiger charge is 2.09. The number of rotatable bonds is 7. The molecule has 0 radical (unpaired) electrons. The second kappa shape index (κ2) is 8.23. The summed E-state index contributed by atoms with van der Waals surface area (Å²) in [5.74, 6) is 0.840. The van der Waals surface area contributed by atoms with Crippen molar-refractivity contribution >= 4 is 5.91 Å². The number of hydrogen-bond acceptors (Lipinski definition) is 2. The summed E-state index contributed by atoms with van der Waals surface area (Å²) in [5.41, 5.74) is 2.32. The number of hydrogen-bond donors (Lipinski definition) is 1. The fraction of sp³-hybridized carbons (Fsp3) is 0.316. The largest absolute Gasteiger partial charge is 0.491 e. The van der Waals surface area contributed by atoms with E-state index in [0.29, 0.717) is 13.0 Å². The van der Waals surface area contributed by atoms with Gasteiger partial charge < -0.3 is 10.1 Å². The van der Waals surface area contributed by atoms with Crippen molar-refractivity contribution in [2.45, 2.75) is 32.7 Å². The second-order valence-electron chi connectivity index (χ2n) is 5.44. The molecule has 0 fully saturated rings. The maximum atomic E-state index is 12.0. The van der Waals surface area contributed by atoms with E-state index in [4.69, 9.17) is 4.74 Å². The molecule has 3 nitrogen and oxygen atoms in total. The van der Waals surface area contributed by atoms with Gasteiger partial charge in [-0.2, -0.15) is 0 Å². The highest BCUT2D eigenvalue weighted by atomic mass is 16.5. The zero-order valence-corrected chi connectivity index (χ0v) is 13.2. The molecule has 22 heavy (non-hydrogen) atoms. The maximum absolute atomic E-state index is 12.0. The van der Waals surface area contributed by atoms with E-state index in [9.17, 15) is 4.79 Å². The minimum absolute atomic E-state index is 0.0217. The van der Waals surface area contributed by atoms with Crippen LogP contribution >= 0.6 is 0 Å². The van der Waals surface area contributed by atoms with Crippen molar-refractivity contribution in [2.24, 2.45) is 0 Å². The Balaban J connectivity index is 1.75. The molecule has 1 N–H and O–H groups in total. The Bertz CT molecular complexity index is 578. The molecule has 0 saturated heterocycles. The number of ether oxygens (including phenoxy) is 1. The van der Waals surface area contributed by atoms with Crippen molar-refractivity contribution in [3.63, 3.8) is 0 Å². The first-order chi connectivity index (χ1) is 10.7. The Morgan fingerprint density at radius 3 is 2.32 bits per heavy atom. The highest BCUT2D eigenvalue weighted by molar-refractivity contribution is 5.78. The molecule has 0 aliphatic heterocycles. The van der Waals surface area contributed by atoms with Gasteiger partial charge in [0, 0.05) is 0 Å². The topological polar surface area (TPSA) is 38.3 Å². The summed E-state index contributed by atoms with van der Waals surface area (Å²) in [6, 6.07) is 17.8. The highest BCUT2D eigenvalue weighted by Crippen LogP contribution is 2.09. The normalized spacial score (nSPS) is 11.7. The third kappa shape index (κ3) is 5.24. The van der Waals surface area contributed by atoms with Gasteiger partial charge in [-0.05, 0) is 36.6 Å². The smallest absolute Gasteiger partial charge is 0.224 e. The fourth-order valence-electron chi connectivity index (χ4n) is 2.18. The summed E-state index contributed by atoms with van der Waals surface area (Å²) in [5, 5.41) is 2.96. The lowest BCUT2D eigenvalue weighted by Gasteiger charge is -2.15. The van der Waals surface area contributed by atoms with Crippen molar-refractivity contribution < 1.29 is 9.53 Å². The van der Waals surface area contributed by atoms with Gasteiger partial charge in [0.05, 0.1) is 12.5 Å². The van der Waals surface area contributed by atoms with Gasteiger partial charge in [0.25, 0.3) is 0 Å². The molecule has 0 aliphatic rings. The van der Waals surface area contributed by atoms with Crippen molar-refractivity contribution in [1.82, 2.24) is 5.32 Å². The summed E-state index contributed by atoms with van der Waals surface area (Å²) < 4.78 is 5.63. The van der Waals surface area contributed by atoms with Crippen LogP contribution in [0.25, 0.3) is 0 Å². The Hall–Kier alpha value is -2.29. The van der Waals surface area contributed by atoms with Crippen LogP contribution in [0.3, 0.4) is 0 Å². The quantitative estimate of drug-likeness (QED) is 0.851. The maximum Gasteiger partial charge on any atom is 0.224 e. The van der Waals surface area contributed by atoms with Gasteiger partial charge in [-0.25, -0.2) is 0 Å². The van der Waals surface area contributed by atoms with Crippen LogP contribution < -0.4 is 10.1 Å². The zero-order chi connectivity index (χ0) is 15.8. The van der Waals surface area contributed by atoms with Crippen LogP contribution in [0.15, 0.2) is 54.6 Å². The van der Waals surface area contributed by atoms with Crippen LogP contribution in [-0.4, -0.2) is 18.6 Å².